The summed E-state index contributed by atoms with van der Waals surface area (Å²) in [6.45, 7) is 0. The Morgan fingerprint density at radius 1 is 1.08 bits per heavy atom. The van der Waals surface area contributed by atoms with Crippen LogP contribution < -0.4 is 10.1 Å². The highest BCUT2D eigenvalue weighted by atomic mass is 19.1. The molecule has 5 nitrogen and oxygen atoms in total. The first-order chi connectivity index (χ1) is 12.5. The molecule has 0 atom stereocenters. The van der Waals surface area contributed by atoms with Crippen LogP contribution in [-0.4, -0.2) is 23.0 Å². The lowest BCUT2D eigenvalue weighted by Gasteiger charge is -2.11. The smallest absolute Gasteiger partial charge is 0.274 e. The molecule has 2 heterocycles. The van der Waals surface area contributed by atoms with Gasteiger partial charge in [-0.25, -0.2) is 18.2 Å². The number of rotatable bonds is 4. The molecule has 1 amide bonds. The van der Waals surface area contributed by atoms with Crippen LogP contribution in [0.15, 0.2) is 48.8 Å². The van der Waals surface area contributed by atoms with Crippen molar-refractivity contribution in [1.82, 2.24) is 9.97 Å². The predicted molar refractivity (Wildman–Crippen MR) is 88.3 cm³/mol. The van der Waals surface area contributed by atoms with Gasteiger partial charge in [0.15, 0.2) is 11.6 Å². The maximum absolute atomic E-state index is 14.4. The second-order valence-corrected chi connectivity index (χ2v) is 5.16. The molecule has 0 saturated heterocycles. The highest BCUT2D eigenvalue weighted by molar-refractivity contribution is 6.03. The molecule has 0 radical (unpaired) electrons. The van der Waals surface area contributed by atoms with E-state index in [0.717, 1.165) is 24.3 Å². The van der Waals surface area contributed by atoms with Crippen LogP contribution in [0.3, 0.4) is 0 Å². The van der Waals surface area contributed by atoms with Crippen LogP contribution in [-0.2, 0) is 0 Å². The van der Waals surface area contributed by atoms with Crippen molar-refractivity contribution in [2.45, 2.75) is 0 Å². The fourth-order valence-corrected chi connectivity index (χ4v) is 2.28. The quantitative estimate of drug-likeness (QED) is 0.769. The molecule has 132 valence electrons. The Balaban J connectivity index is 2.03. The number of halogens is 3. The van der Waals surface area contributed by atoms with E-state index < -0.39 is 34.6 Å². The molecule has 0 spiro atoms. The van der Waals surface area contributed by atoms with E-state index in [1.165, 1.54) is 19.5 Å². The van der Waals surface area contributed by atoms with Crippen LogP contribution in [0.2, 0.25) is 0 Å². The summed E-state index contributed by atoms with van der Waals surface area (Å²) in [6.07, 6.45) is 2.93. The molecule has 0 aliphatic carbocycles. The number of carbonyl (C=O) groups excluding carboxylic acids is 1. The van der Waals surface area contributed by atoms with Gasteiger partial charge in [-0.2, -0.15) is 0 Å². The molecular formula is C18H12F3N3O2. The van der Waals surface area contributed by atoms with Crippen molar-refractivity contribution in [2.75, 3.05) is 12.4 Å². The molecule has 8 heteroatoms. The molecule has 3 aromatic rings. The van der Waals surface area contributed by atoms with Gasteiger partial charge in [0.1, 0.15) is 23.0 Å². The van der Waals surface area contributed by atoms with Crippen molar-refractivity contribution in [1.29, 1.82) is 0 Å². The minimum absolute atomic E-state index is 0.216. The molecule has 0 fully saturated rings. The molecule has 2 aromatic heterocycles. The molecule has 1 N–H and O–H groups in total. The van der Waals surface area contributed by atoms with Gasteiger partial charge in [0.25, 0.3) is 5.91 Å². The number of nitrogens with one attached hydrogen (secondary N) is 1. The van der Waals surface area contributed by atoms with E-state index >= 15 is 0 Å². The molecule has 26 heavy (non-hydrogen) atoms. The minimum Gasteiger partial charge on any atom is -0.494 e. The summed E-state index contributed by atoms with van der Waals surface area (Å²) < 4.78 is 47.4. The van der Waals surface area contributed by atoms with Gasteiger partial charge >= 0.3 is 0 Å². The zero-order valence-electron chi connectivity index (χ0n) is 13.5. The van der Waals surface area contributed by atoms with Crippen LogP contribution in [0.25, 0.3) is 11.3 Å². The summed E-state index contributed by atoms with van der Waals surface area (Å²) >= 11 is 0. The SMILES string of the molecule is COc1ccc(F)c(-c2nc(C(=O)Nc3cccnc3)ccc2F)c1F. The van der Waals surface area contributed by atoms with Gasteiger partial charge < -0.3 is 10.1 Å². The van der Waals surface area contributed by atoms with E-state index in [2.05, 4.69) is 15.3 Å². The molecule has 0 aliphatic heterocycles. The number of anilines is 1. The van der Waals surface area contributed by atoms with Crippen LogP contribution in [0.4, 0.5) is 18.9 Å². The Morgan fingerprint density at radius 2 is 1.85 bits per heavy atom. The Kier molecular flexibility index (Phi) is 4.83. The number of hydrogen-bond acceptors (Lipinski definition) is 4. The van der Waals surface area contributed by atoms with E-state index in [1.54, 1.807) is 12.1 Å². The summed E-state index contributed by atoms with van der Waals surface area (Å²) in [7, 11) is 1.20. The van der Waals surface area contributed by atoms with Crippen molar-refractivity contribution < 1.29 is 22.7 Å². The number of aromatic nitrogens is 2. The third kappa shape index (κ3) is 3.34. The van der Waals surface area contributed by atoms with Crippen LogP contribution in [0.5, 0.6) is 5.75 Å². The largest absolute Gasteiger partial charge is 0.494 e. The van der Waals surface area contributed by atoms with Crippen LogP contribution >= 0.6 is 0 Å². The molecule has 0 unspecified atom stereocenters. The second-order valence-electron chi connectivity index (χ2n) is 5.16. The molecule has 0 saturated carbocycles. The average molecular weight is 359 g/mol. The highest BCUT2D eigenvalue weighted by Gasteiger charge is 2.22. The maximum Gasteiger partial charge on any atom is 0.274 e. The van der Waals surface area contributed by atoms with Gasteiger partial charge in [-0.15, -0.1) is 0 Å². The lowest BCUT2D eigenvalue weighted by molar-refractivity contribution is 0.102. The molecular weight excluding hydrogens is 347 g/mol. The fourth-order valence-electron chi connectivity index (χ4n) is 2.28. The molecule has 1 aromatic carbocycles. The number of amides is 1. The third-order valence-corrected chi connectivity index (χ3v) is 3.51. The number of pyridine rings is 2. The van der Waals surface area contributed by atoms with E-state index in [4.69, 9.17) is 4.74 Å². The Morgan fingerprint density at radius 3 is 2.54 bits per heavy atom. The van der Waals surface area contributed by atoms with Crippen LogP contribution in [0.1, 0.15) is 10.5 Å². The number of methoxy groups -OCH3 is 1. The van der Waals surface area contributed by atoms with Gasteiger partial charge in [-0.3, -0.25) is 9.78 Å². The lowest BCUT2D eigenvalue weighted by atomic mass is 10.1. The summed E-state index contributed by atoms with van der Waals surface area (Å²) in [5.41, 5.74) is -1.16. The van der Waals surface area contributed by atoms with Crippen molar-refractivity contribution in [2.24, 2.45) is 0 Å². The van der Waals surface area contributed by atoms with E-state index in [1.807, 2.05) is 0 Å². The third-order valence-electron chi connectivity index (χ3n) is 3.51. The summed E-state index contributed by atoms with van der Waals surface area (Å²) in [6, 6.07) is 7.24. The van der Waals surface area contributed by atoms with Crippen molar-refractivity contribution in [3.8, 4) is 17.0 Å². The Labute approximate surface area is 146 Å². The summed E-state index contributed by atoms with van der Waals surface area (Å²) in [4.78, 5) is 19.9. The predicted octanol–water partition coefficient (Wildman–Crippen LogP) is 3.82. The molecule has 0 aliphatic rings. The Bertz CT molecular complexity index is 965. The maximum atomic E-state index is 14.4. The minimum atomic E-state index is -1.11. The number of ether oxygens (including phenoxy) is 1. The van der Waals surface area contributed by atoms with Crippen molar-refractivity contribution in [3.63, 3.8) is 0 Å². The molecule has 3 rings (SSSR count). The first kappa shape index (κ1) is 17.4. The second kappa shape index (κ2) is 7.22. The Hall–Kier alpha value is -3.42. The fraction of sp³-hybridized carbons (Fsp3) is 0.0556. The summed E-state index contributed by atoms with van der Waals surface area (Å²) in [5.74, 6) is -4.06. The van der Waals surface area contributed by atoms with Gasteiger partial charge in [0.2, 0.25) is 0 Å². The van der Waals surface area contributed by atoms with E-state index in [9.17, 15) is 18.0 Å². The first-order valence-corrected chi connectivity index (χ1v) is 7.41. The van der Waals surface area contributed by atoms with E-state index in [0.29, 0.717) is 5.69 Å². The standard InChI is InChI=1S/C18H12F3N3O2/c1-26-14-7-5-11(19)15(16(14)21)17-12(20)4-6-13(24-17)18(25)23-10-3-2-8-22-9-10/h2-9H,1H3,(H,23,25). The van der Waals surface area contributed by atoms with Crippen molar-refractivity contribution in [3.05, 3.63) is 71.9 Å². The van der Waals surface area contributed by atoms with Gasteiger partial charge in [-0.05, 0) is 36.4 Å². The lowest BCUT2D eigenvalue weighted by Crippen LogP contribution is -2.15. The number of benzene rings is 1. The number of hydrogen-bond donors (Lipinski definition) is 1. The average Bonchev–Trinajstić information content (AvgIpc) is 2.64. The van der Waals surface area contributed by atoms with Crippen molar-refractivity contribution >= 4 is 11.6 Å². The van der Waals surface area contributed by atoms with Crippen LogP contribution in [0, 0.1) is 17.5 Å². The van der Waals surface area contributed by atoms with E-state index in [-0.39, 0.29) is 11.4 Å². The van der Waals surface area contributed by atoms with Gasteiger partial charge in [0, 0.05) is 6.20 Å². The summed E-state index contributed by atoms with van der Waals surface area (Å²) in [5, 5.41) is 2.51. The monoisotopic (exact) mass is 359 g/mol. The highest BCUT2D eigenvalue weighted by Crippen LogP contribution is 2.32. The zero-order chi connectivity index (χ0) is 18.7. The first-order valence-electron chi connectivity index (χ1n) is 7.41. The zero-order valence-corrected chi connectivity index (χ0v) is 13.5. The normalized spacial score (nSPS) is 10.5. The number of carbonyl (C=O) groups is 1. The van der Waals surface area contributed by atoms with Gasteiger partial charge in [-0.1, -0.05) is 0 Å². The topological polar surface area (TPSA) is 64.1 Å². The van der Waals surface area contributed by atoms with Gasteiger partial charge in [0.05, 0.1) is 24.6 Å². The molecule has 0 bridgehead atoms. The number of nitrogens with zero attached hydrogens (tertiary/aromatic N) is 2.